The van der Waals surface area contributed by atoms with Gasteiger partial charge in [-0.25, -0.2) is 0 Å². The van der Waals surface area contributed by atoms with Crippen molar-refractivity contribution in [1.29, 1.82) is 0 Å². The van der Waals surface area contributed by atoms with E-state index < -0.39 is 5.60 Å². The Morgan fingerprint density at radius 3 is 2.87 bits per heavy atom. The van der Waals surface area contributed by atoms with Gasteiger partial charge < -0.3 is 15.2 Å². The van der Waals surface area contributed by atoms with E-state index >= 15 is 0 Å². The molecule has 0 aromatic carbocycles. The fourth-order valence-corrected chi connectivity index (χ4v) is 3.03. The van der Waals surface area contributed by atoms with Gasteiger partial charge in [-0.2, -0.15) is 5.10 Å². The molecule has 2 heterocycles. The highest BCUT2D eigenvalue weighted by Crippen LogP contribution is 2.28. The number of carbonyl (C=O) groups excluding carboxylic acids is 1. The molecule has 0 unspecified atom stereocenters. The molecule has 130 valence electrons. The van der Waals surface area contributed by atoms with E-state index in [1.54, 1.807) is 20.0 Å². The average Bonchev–Trinajstić information content (AvgIpc) is 2.88. The lowest BCUT2D eigenvalue weighted by Crippen LogP contribution is -2.50. The quantitative estimate of drug-likeness (QED) is 0.795. The van der Waals surface area contributed by atoms with Crippen LogP contribution in [-0.2, 0) is 16.6 Å². The summed E-state index contributed by atoms with van der Waals surface area (Å²) in [5.41, 5.74) is 0.0716. The molecule has 0 bridgehead atoms. The van der Waals surface area contributed by atoms with E-state index in [1.807, 2.05) is 17.8 Å². The molecule has 0 radical (unpaired) electrons. The summed E-state index contributed by atoms with van der Waals surface area (Å²) in [6, 6.07) is 2.05. The molecule has 2 rings (SSSR count). The summed E-state index contributed by atoms with van der Waals surface area (Å²) in [7, 11) is 1.92. The van der Waals surface area contributed by atoms with Crippen LogP contribution < -0.4 is 5.32 Å². The first-order valence-electron chi connectivity index (χ1n) is 8.14. The number of carbonyl (C=O) groups is 1. The number of morpholine rings is 1. The van der Waals surface area contributed by atoms with Crippen molar-refractivity contribution in [3.05, 3.63) is 18.0 Å². The Hall–Kier alpha value is -1.44. The summed E-state index contributed by atoms with van der Waals surface area (Å²) in [6.07, 6.45) is 1.72. The van der Waals surface area contributed by atoms with Crippen LogP contribution in [-0.4, -0.2) is 63.6 Å². The Kier molecular flexibility index (Phi) is 5.78. The van der Waals surface area contributed by atoms with Gasteiger partial charge >= 0.3 is 0 Å². The number of hydrogen-bond donors (Lipinski definition) is 2. The van der Waals surface area contributed by atoms with Crippen LogP contribution in [0.4, 0.5) is 0 Å². The van der Waals surface area contributed by atoms with Crippen LogP contribution in [0.3, 0.4) is 0 Å². The number of aromatic nitrogens is 2. The highest BCUT2D eigenvalue weighted by molar-refractivity contribution is 5.76. The summed E-state index contributed by atoms with van der Waals surface area (Å²) in [5, 5.41) is 16.9. The minimum Gasteiger partial charge on any atom is -0.390 e. The van der Waals surface area contributed by atoms with Crippen molar-refractivity contribution in [3.63, 3.8) is 0 Å². The van der Waals surface area contributed by atoms with Crippen LogP contribution in [0.15, 0.2) is 12.3 Å². The number of aliphatic hydroxyl groups is 1. The first-order valence-corrected chi connectivity index (χ1v) is 8.14. The molecule has 2 N–H and O–H groups in total. The monoisotopic (exact) mass is 324 g/mol. The summed E-state index contributed by atoms with van der Waals surface area (Å²) in [6.45, 7) is 8.21. The smallest absolute Gasteiger partial charge is 0.222 e. The van der Waals surface area contributed by atoms with E-state index in [0.29, 0.717) is 13.2 Å². The Morgan fingerprint density at radius 2 is 2.30 bits per heavy atom. The zero-order valence-electron chi connectivity index (χ0n) is 14.5. The van der Waals surface area contributed by atoms with E-state index in [9.17, 15) is 9.90 Å². The highest BCUT2D eigenvalue weighted by Gasteiger charge is 2.34. The highest BCUT2D eigenvalue weighted by atomic mass is 16.5. The minimum absolute atomic E-state index is 0.0590. The van der Waals surface area contributed by atoms with Gasteiger partial charge in [-0.1, -0.05) is 6.92 Å². The maximum absolute atomic E-state index is 12.0. The summed E-state index contributed by atoms with van der Waals surface area (Å²) in [4.78, 5) is 14.3. The number of nitrogens with one attached hydrogen (secondary N) is 1. The van der Waals surface area contributed by atoms with Gasteiger partial charge in [-0.05, 0) is 26.5 Å². The Balaban J connectivity index is 2.06. The number of likely N-dealkylation sites (N-methyl/N-ethyl adjacent to an activating group) is 1. The molecule has 2 atom stereocenters. The van der Waals surface area contributed by atoms with Crippen LogP contribution in [0.5, 0.6) is 0 Å². The van der Waals surface area contributed by atoms with Gasteiger partial charge in [0.05, 0.1) is 36.5 Å². The number of rotatable bonds is 6. The lowest BCUT2D eigenvalue weighted by atomic mass is 10.0. The van der Waals surface area contributed by atoms with E-state index in [0.717, 1.165) is 18.8 Å². The van der Waals surface area contributed by atoms with Gasteiger partial charge in [-0.3, -0.25) is 14.4 Å². The molecule has 1 aromatic heterocycles. The van der Waals surface area contributed by atoms with Gasteiger partial charge in [0.15, 0.2) is 0 Å². The van der Waals surface area contributed by atoms with E-state index in [-0.39, 0.29) is 24.5 Å². The van der Waals surface area contributed by atoms with Gasteiger partial charge in [0, 0.05) is 26.3 Å². The van der Waals surface area contributed by atoms with Crippen molar-refractivity contribution < 1.29 is 14.6 Å². The molecular formula is C16H28N4O3. The third kappa shape index (κ3) is 4.76. The Labute approximate surface area is 137 Å². The topological polar surface area (TPSA) is 79.6 Å². The normalized spacial score (nSPS) is 23.0. The van der Waals surface area contributed by atoms with E-state index in [1.165, 1.54) is 0 Å². The minimum atomic E-state index is -1.01. The summed E-state index contributed by atoms with van der Waals surface area (Å²) in [5.74, 6) is -0.168. The molecule has 0 spiro atoms. The predicted octanol–water partition coefficient (Wildman–Crippen LogP) is 0.459. The van der Waals surface area contributed by atoms with Crippen LogP contribution in [0.25, 0.3) is 0 Å². The number of ether oxygens (including phenoxy) is 1. The van der Waals surface area contributed by atoms with Crippen molar-refractivity contribution in [2.24, 2.45) is 7.05 Å². The maximum atomic E-state index is 12.0. The van der Waals surface area contributed by atoms with Crippen molar-refractivity contribution >= 4 is 5.91 Å². The molecule has 0 aliphatic carbocycles. The fourth-order valence-electron chi connectivity index (χ4n) is 3.03. The molecule has 7 heteroatoms. The average molecular weight is 324 g/mol. The standard InChI is InChI=1S/C16H28N4O3/c1-5-20-8-9-23-13(11-17-14(21)10-16(2,3)22)15(20)12-6-7-18-19(12)4/h6-7,13,15,22H,5,8-11H2,1-4H3,(H,17,21)/t13-,15-/m0/s1. The molecular weight excluding hydrogens is 296 g/mol. The summed E-state index contributed by atoms with van der Waals surface area (Å²) < 4.78 is 7.78. The first kappa shape index (κ1) is 17.9. The largest absolute Gasteiger partial charge is 0.390 e. The molecule has 1 amide bonds. The second-order valence-electron chi connectivity index (χ2n) is 6.66. The molecule has 23 heavy (non-hydrogen) atoms. The van der Waals surface area contributed by atoms with Gasteiger partial charge in [-0.15, -0.1) is 0 Å². The molecule has 0 saturated carbocycles. The van der Waals surface area contributed by atoms with Gasteiger partial charge in [0.25, 0.3) is 0 Å². The Morgan fingerprint density at radius 1 is 1.57 bits per heavy atom. The lowest BCUT2D eigenvalue weighted by molar-refractivity contribution is -0.127. The molecule has 1 aliphatic heterocycles. The Bertz CT molecular complexity index is 524. The van der Waals surface area contributed by atoms with Crippen molar-refractivity contribution in [2.75, 3.05) is 26.2 Å². The fraction of sp³-hybridized carbons (Fsp3) is 0.750. The van der Waals surface area contributed by atoms with Crippen LogP contribution in [0, 0.1) is 0 Å². The number of aryl methyl sites for hydroxylation is 1. The lowest BCUT2D eigenvalue weighted by Gasteiger charge is -2.40. The molecule has 1 saturated heterocycles. The van der Waals surface area contributed by atoms with E-state index in [4.69, 9.17) is 4.74 Å². The molecule has 1 aromatic rings. The van der Waals surface area contributed by atoms with Crippen molar-refractivity contribution in [2.45, 2.75) is 44.9 Å². The molecule has 7 nitrogen and oxygen atoms in total. The van der Waals surface area contributed by atoms with E-state index in [2.05, 4.69) is 22.2 Å². The molecule has 1 fully saturated rings. The van der Waals surface area contributed by atoms with Gasteiger partial charge in [0.2, 0.25) is 5.91 Å². The van der Waals surface area contributed by atoms with Crippen LogP contribution in [0.2, 0.25) is 0 Å². The number of hydrogen-bond acceptors (Lipinski definition) is 5. The van der Waals surface area contributed by atoms with Crippen LogP contribution in [0.1, 0.15) is 38.9 Å². The third-order valence-corrected chi connectivity index (χ3v) is 4.12. The zero-order chi connectivity index (χ0) is 17.0. The predicted molar refractivity (Wildman–Crippen MR) is 86.9 cm³/mol. The molecule has 1 aliphatic rings. The summed E-state index contributed by atoms with van der Waals surface area (Å²) >= 11 is 0. The van der Waals surface area contributed by atoms with Crippen molar-refractivity contribution in [1.82, 2.24) is 20.0 Å². The zero-order valence-corrected chi connectivity index (χ0v) is 14.5. The SMILES string of the molecule is CCN1CCO[C@@H](CNC(=O)CC(C)(C)O)[C@@H]1c1ccnn1C. The number of amides is 1. The second-order valence-corrected chi connectivity index (χ2v) is 6.66. The maximum Gasteiger partial charge on any atom is 0.222 e. The van der Waals surface area contributed by atoms with Gasteiger partial charge in [0.1, 0.15) is 0 Å². The van der Waals surface area contributed by atoms with Crippen LogP contribution >= 0.6 is 0 Å². The second kappa shape index (κ2) is 7.42. The first-order chi connectivity index (χ1) is 10.8. The van der Waals surface area contributed by atoms with Crippen molar-refractivity contribution in [3.8, 4) is 0 Å². The third-order valence-electron chi connectivity index (χ3n) is 4.12. The number of nitrogens with zero attached hydrogens (tertiary/aromatic N) is 3.